The summed E-state index contributed by atoms with van der Waals surface area (Å²) in [6, 6.07) is 5.51. The molecule has 0 radical (unpaired) electrons. The average Bonchev–Trinajstić information content (AvgIpc) is 2.50. The fourth-order valence-electron chi connectivity index (χ4n) is 1.21. The minimum Gasteiger partial charge on any atom is -0.451 e. The molecular formula is C11H9FO3. The number of hydrogen-bond donors (Lipinski definition) is 0. The SMILES string of the molecule is CC1=CC(Oc2ccc(F)cc2)OC1=O. The molecule has 0 saturated heterocycles. The van der Waals surface area contributed by atoms with Gasteiger partial charge < -0.3 is 9.47 Å². The molecule has 1 aromatic rings. The number of ether oxygens (including phenoxy) is 2. The first-order valence-electron chi connectivity index (χ1n) is 4.47. The quantitative estimate of drug-likeness (QED) is 0.697. The summed E-state index contributed by atoms with van der Waals surface area (Å²) in [5.41, 5.74) is 0.516. The molecular weight excluding hydrogens is 199 g/mol. The van der Waals surface area contributed by atoms with E-state index in [0.29, 0.717) is 11.3 Å². The van der Waals surface area contributed by atoms with E-state index in [1.54, 1.807) is 13.0 Å². The number of carbonyl (C=O) groups is 1. The van der Waals surface area contributed by atoms with Crippen molar-refractivity contribution >= 4 is 5.97 Å². The second-order valence-electron chi connectivity index (χ2n) is 3.20. The van der Waals surface area contributed by atoms with Gasteiger partial charge in [-0.3, -0.25) is 0 Å². The van der Waals surface area contributed by atoms with E-state index >= 15 is 0 Å². The number of benzene rings is 1. The number of carbonyl (C=O) groups excluding carboxylic acids is 1. The van der Waals surface area contributed by atoms with Crippen LogP contribution in [0.3, 0.4) is 0 Å². The molecule has 1 atom stereocenters. The minimum atomic E-state index is -0.706. The molecule has 15 heavy (non-hydrogen) atoms. The lowest BCUT2D eigenvalue weighted by Gasteiger charge is -2.10. The van der Waals surface area contributed by atoms with Gasteiger partial charge in [-0.05, 0) is 31.2 Å². The average molecular weight is 208 g/mol. The van der Waals surface area contributed by atoms with Crippen molar-refractivity contribution in [3.63, 3.8) is 0 Å². The molecule has 0 saturated carbocycles. The number of hydrogen-bond acceptors (Lipinski definition) is 3. The van der Waals surface area contributed by atoms with Gasteiger partial charge in [0.05, 0.1) is 0 Å². The summed E-state index contributed by atoms with van der Waals surface area (Å²) in [6.45, 7) is 1.65. The molecule has 1 unspecified atom stereocenters. The molecule has 78 valence electrons. The Balaban J connectivity index is 2.05. The van der Waals surface area contributed by atoms with Crippen molar-refractivity contribution in [2.45, 2.75) is 13.2 Å². The van der Waals surface area contributed by atoms with Crippen LogP contribution in [0.1, 0.15) is 6.92 Å². The van der Waals surface area contributed by atoms with E-state index in [-0.39, 0.29) is 11.8 Å². The van der Waals surface area contributed by atoms with E-state index in [2.05, 4.69) is 0 Å². The Morgan fingerprint density at radius 1 is 1.33 bits per heavy atom. The summed E-state index contributed by atoms with van der Waals surface area (Å²) in [6.07, 6.45) is 0.869. The lowest BCUT2D eigenvalue weighted by molar-refractivity contribution is -0.148. The predicted molar refractivity (Wildman–Crippen MR) is 50.7 cm³/mol. The molecule has 0 spiro atoms. The summed E-state index contributed by atoms with van der Waals surface area (Å²) >= 11 is 0. The monoisotopic (exact) mass is 208 g/mol. The highest BCUT2D eigenvalue weighted by Crippen LogP contribution is 2.19. The fraction of sp³-hybridized carbons (Fsp3) is 0.182. The number of esters is 1. The van der Waals surface area contributed by atoms with Gasteiger partial charge in [-0.25, -0.2) is 9.18 Å². The predicted octanol–water partition coefficient (Wildman–Crippen LogP) is 2.03. The van der Waals surface area contributed by atoms with Crippen LogP contribution in [0.4, 0.5) is 4.39 Å². The summed E-state index contributed by atoms with van der Waals surface area (Å²) in [5.74, 6) is -0.264. The first-order valence-corrected chi connectivity index (χ1v) is 4.47. The smallest absolute Gasteiger partial charge is 0.336 e. The molecule has 1 aromatic carbocycles. The topological polar surface area (TPSA) is 35.5 Å². The summed E-state index contributed by atoms with van der Waals surface area (Å²) < 4.78 is 22.7. The second-order valence-corrected chi connectivity index (χ2v) is 3.20. The molecule has 0 fully saturated rings. The van der Waals surface area contributed by atoms with Gasteiger partial charge in [0, 0.05) is 11.6 Å². The van der Waals surface area contributed by atoms with Crippen LogP contribution in [0, 0.1) is 5.82 Å². The van der Waals surface area contributed by atoms with Crippen molar-refractivity contribution in [3.05, 3.63) is 41.7 Å². The minimum absolute atomic E-state index is 0.336. The fourth-order valence-corrected chi connectivity index (χ4v) is 1.21. The molecule has 3 nitrogen and oxygen atoms in total. The zero-order valence-corrected chi connectivity index (χ0v) is 8.07. The Kier molecular flexibility index (Phi) is 2.41. The molecule has 0 aliphatic carbocycles. The molecule has 0 N–H and O–H groups in total. The van der Waals surface area contributed by atoms with Gasteiger partial charge in [-0.1, -0.05) is 0 Å². The van der Waals surface area contributed by atoms with Crippen molar-refractivity contribution < 1.29 is 18.7 Å². The van der Waals surface area contributed by atoms with Crippen LogP contribution in [0.15, 0.2) is 35.9 Å². The van der Waals surface area contributed by atoms with Crippen LogP contribution in [0.5, 0.6) is 5.75 Å². The Bertz CT molecular complexity index is 408. The maximum absolute atomic E-state index is 12.6. The van der Waals surface area contributed by atoms with Crippen molar-refractivity contribution in [2.24, 2.45) is 0 Å². The molecule has 0 amide bonds. The van der Waals surface area contributed by atoms with Gasteiger partial charge in [-0.15, -0.1) is 0 Å². The van der Waals surface area contributed by atoms with Crippen molar-refractivity contribution in [1.29, 1.82) is 0 Å². The molecule has 4 heteroatoms. The Hall–Kier alpha value is -1.84. The normalized spacial score (nSPS) is 19.7. The first-order chi connectivity index (χ1) is 7.15. The molecule has 1 aliphatic rings. The van der Waals surface area contributed by atoms with Gasteiger partial charge >= 0.3 is 5.97 Å². The van der Waals surface area contributed by atoms with E-state index < -0.39 is 6.29 Å². The van der Waals surface area contributed by atoms with Crippen LogP contribution in [-0.2, 0) is 9.53 Å². The van der Waals surface area contributed by atoms with Crippen LogP contribution >= 0.6 is 0 Å². The highest BCUT2D eigenvalue weighted by atomic mass is 19.1. The highest BCUT2D eigenvalue weighted by molar-refractivity contribution is 5.90. The second kappa shape index (κ2) is 3.73. The molecule has 1 aliphatic heterocycles. The van der Waals surface area contributed by atoms with E-state index in [9.17, 15) is 9.18 Å². The van der Waals surface area contributed by atoms with Crippen LogP contribution < -0.4 is 4.74 Å². The van der Waals surface area contributed by atoms with Crippen LogP contribution in [0.25, 0.3) is 0 Å². The van der Waals surface area contributed by atoms with Crippen LogP contribution in [-0.4, -0.2) is 12.3 Å². The maximum atomic E-state index is 12.6. The first kappa shape index (κ1) is 9.71. The van der Waals surface area contributed by atoms with Crippen molar-refractivity contribution in [2.75, 3.05) is 0 Å². The Morgan fingerprint density at radius 3 is 2.53 bits per heavy atom. The summed E-state index contributed by atoms with van der Waals surface area (Å²) in [7, 11) is 0. The van der Waals surface area contributed by atoms with E-state index in [1.165, 1.54) is 24.3 Å². The van der Waals surface area contributed by atoms with Crippen LogP contribution in [0.2, 0.25) is 0 Å². The van der Waals surface area contributed by atoms with E-state index in [4.69, 9.17) is 9.47 Å². The van der Waals surface area contributed by atoms with Gasteiger partial charge in [0.15, 0.2) is 0 Å². The van der Waals surface area contributed by atoms with Crippen molar-refractivity contribution in [3.8, 4) is 5.75 Å². The van der Waals surface area contributed by atoms with Gasteiger partial charge in [0.1, 0.15) is 11.6 Å². The van der Waals surface area contributed by atoms with E-state index in [0.717, 1.165) is 0 Å². The van der Waals surface area contributed by atoms with Gasteiger partial charge in [0.2, 0.25) is 0 Å². The summed E-state index contributed by atoms with van der Waals surface area (Å²) in [5, 5.41) is 0. The number of halogens is 1. The Morgan fingerprint density at radius 2 is 2.00 bits per heavy atom. The zero-order valence-electron chi connectivity index (χ0n) is 8.07. The number of cyclic esters (lactones) is 1. The highest BCUT2D eigenvalue weighted by Gasteiger charge is 2.23. The molecule has 1 heterocycles. The third kappa shape index (κ3) is 2.15. The Labute approximate surface area is 86.1 Å². The van der Waals surface area contributed by atoms with Gasteiger partial charge in [0.25, 0.3) is 6.29 Å². The molecule has 2 rings (SSSR count). The van der Waals surface area contributed by atoms with Crippen molar-refractivity contribution in [1.82, 2.24) is 0 Å². The maximum Gasteiger partial charge on any atom is 0.336 e. The standard InChI is InChI=1S/C11H9FO3/c1-7-6-10(15-11(7)13)14-9-4-2-8(12)3-5-9/h2-6,10H,1H3. The molecule has 0 aromatic heterocycles. The zero-order chi connectivity index (χ0) is 10.8. The lowest BCUT2D eigenvalue weighted by Crippen LogP contribution is -2.15. The summed E-state index contributed by atoms with van der Waals surface area (Å²) in [4.78, 5) is 11.0. The third-order valence-corrected chi connectivity index (χ3v) is 2.00. The molecule has 0 bridgehead atoms. The third-order valence-electron chi connectivity index (χ3n) is 2.00. The van der Waals surface area contributed by atoms with Gasteiger partial charge in [-0.2, -0.15) is 0 Å². The number of rotatable bonds is 2. The lowest BCUT2D eigenvalue weighted by atomic mass is 10.3. The van der Waals surface area contributed by atoms with E-state index in [1.807, 2.05) is 0 Å². The largest absolute Gasteiger partial charge is 0.451 e.